The van der Waals surface area contributed by atoms with Crippen molar-refractivity contribution in [3.05, 3.63) is 40.9 Å². The Labute approximate surface area is 154 Å². The van der Waals surface area contributed by atoms with Crippen LogP contribution in [0.3, 0.4) is 0 Å². The Balaban J connectivity index is 2.08. The van der Waals surface area contributed by atoms with Gasteiger partial charge >= 0.3 is 6.09 Å². The van der Waals surface area contributed by atoms with Crippen LogP contribution in [0.25, 0.3) is 6.08 Å². The molecule has 1 saturated heterocycles. The fourth-order valence-electron chi connectivity index (χ4n) is 2.37. The Morgan fingerprint density at radius 1 is 1.32 bits per heavy atom. The normalized spacial score (nSPS) is 23.4. The Morgan fingerprint density at radius 2 is 1.96 bits per heavy atom. The van der Waals surface area contributed by atoms with Crippen LogP contribution in [0.2, 0.25) is 5.02 Å². The van der Waals surface area contributed by atoms with E-state index in [1.165, 1.54) is 0 Å². The van der Waals surface area contributed by atoms with E-state index in [1.54, 1.807) is 0 Å². The minimum Gasteiger partial charge on any atom is -0.444 e. The molecule has 0 unspecified atom stereocenters. The summed E-state index contributed by atoms with van der Waals surface area (Å²) >= 11 is 5.90. The van der Waals surface area contributed by atoms with Gasteiger partial charge in [-0.15, -0.1) is 0 Å². The number of ether oxygens (including phenoxy) is 3. The molecule has 1 fully saturated rings. The first-order valence-corrected chi connectivity index (χ1v) is 8.67. The van der Waals surface area contributed by atoms with E-state index in [2.05, 4.69) is 5.32 Å². The van der Waals surface area contributed by atoms with Gasteiger partial charge in [0.2, 0.25) is 0 Å². The topological polar surface area (TPSA) is 56.8 Å². The zero-order valence-corrected chi connectivity index (χ0v) is 16.1. The van der Waals surface area contributed by atoms with Crippen molar-refractivity contribution in [3.63, 3.8) is 0 Å². The zero-order valence-electron chi connectivity index (χ0n) is 15.3. The summed E-state index contributed by atoms with van der Waals surface area (Å²) < 4.78 is 16.9. The van der Waals surface area contributed by atoms with Crippen LogP contribution in [-0.4, -0.2) is 36.2 Å². The predicted molar refractivity (Wildman–Crippen MR) is 98.5 cm³/mol. The van der Waals surface area contributed by atoms with E-state index in [-0.39, 0.29) is 12.1 Å². The SMILES string of the molecule is CC(C)(C)OC(=O)N[C@H]1COC(C)(C)O[C@@H]1/C=C/c1ccc(Cl)cc1. The second kappa shape index (κ2) is 7.77. The van der Waals surface area contributed by atoms with E-state index < -0.39 is 17.5 Å². The summed E-state index contributed by atoms with van der Waals surface area (Å²) in [7, 11) is 0. The molecule has 1 aromatic carbocycles. The van der Waals surface area contributed by atoms with Crippen LogP contribution in [0.15, 0.2) is 30.3 Å². The van der Waals surface area contributed by atoms with Crippen molar-refractivity contribution in [1.82, 2.24) is 5.32 Å². The van der Waals surface area contributed by atoms with Crippen LogP contribution in [0.4, 0.5) is 4.79 Å². The van der Waals surface area contributed by atoms with Gasteiger partial charge in [0.1, 0.15) is 11.7 Å². The Morgan fingerprint density at radius 3 is 2.56 bits per heavy atom. The first-order valence-electron chi connectivity index (χ1n) is 8.29. The lowest BCUT2D eigenvalue weighted by Crippen LogP contribution is -2.55. The summed E-state index contributed by atoms with van der Waals surface area (Å²) in [5, 5.41) is 3.51. The van der Waals surface area contributed by atoms with Gasteiger partial charge in [0.05, 0.1) is 12.6 Å². The van der Waals surface area contributed by atoms with Gasteiger partial charge in [0, 0.05) is 5.02 Å². The minimum atomic E-state index is -0.721. The Bertz CT molecular complexity index is 619. The van der Waals surface area contributed by atoms with Crippen LogP contribution in [0, 0.1) is 0 Å². The predicted octanol–water partition coefficient (Wildman–Crippen LogP) is 4.40. The molecule has 25 heavy (non-hydrogen) atoms. The average molecular weight is 368 g/mol. The van der Waals surface area contributed by atoms with Crippen molar-refractivity contribution in [2.75, 3.05) is 6.61 Å². The Kier molecular flexibility index (Phi) is 6.14. The maximum Gasteiger partial charge on any atom is 0.408 e. The van der Waals surface area contributed by atoms with Gasteiger partial charge in [0.25, 0.3) is 0 Å². The number of carbonyl (C=O) groups excluding carboxylic acids is 1. The lowest BCUT2D eigenvalue weighted by Gasteiger charge is -2.40. The van der Waals surface area contributed by atoms with E-state index in [0.29, 0.717) is 11.6 Å². The van der Waals surface area contributed by atoms with Gasteiger partial charge in [-0.3, -0.25) is 0 Å². The summed E-state index contributed by atoms with van der Waals surface area (Å²) in [6.07, 6.45) is 3.02. The molecular weight excluding hydrogens is 342 g/mol. The van der Waals surface area contributed by atoms with E-state index in [1.807, 2.05) is 71.0 Å². The van der Waals surface area contributed by atoms with Gasteiger partial charge in [-0.25, -0.2) is 4.79 Å². The summed E-state index contributed by atoms with van der Waals surface area (Å²) in [4.78, 5) is 12.1. The fourth-order valence-corrected chi connectivity index (χ4v) is 2.49. The highest BCUT2D eigenvalue weighted by atomic mass is 35.5. The second-order valence-electron chi connectivity index (χ2n) is 7.46. The van der Waals surface area contributed by atoms with Gasteiger partial charge < -0.3 is 19.5 Å². The highest BCUT2D eigenvalue weighted by molar-refractivity contribution is 6.30. The number of benzene rings is 1. The fraction of sp³-hybridized carbons (Fsp3) is 0.526. The van der Waals surface area contributed by atoms with Crippen molar-refractivity contribution in [2.45, 2.75) is 58.2 Å². The number of nitrogens with one attached hydrogen (secondary N) is 1. The van der Waals surface area contributed by atoms with Crippen LogP contribution < -0.4 is 5.32 Å². The molecule has 0 aromatic heterocycles. The highest BCUT2D eigenvalue weighted by Crippen LogP contribution is 2.24. The van der Waals surface area contributed by atoms with Crippen molar-refractivity contribution in [1.29, 1.82) is 0 Å². The van der Waals surface area contributed by atoms with Gasteiger partial charge in [-0.1, -0.05) is 35.9 Å². The smallest absolute Gasteiger partial charge is 0.408 e. The van der Waals surface area contributed by atoms with Crippen molar-refractivity contribution in [2.24, 2.45) is 0 Å². The molecule has 5 nitrogen and oxygen atoms in total. The molecule has 1 aliphatic rings. The maximum atomic E-state index is 12.1. The molecule has 1 heterocycles. The molecule has 1 amide bonds. The maximum absolute atomic E-state index is 12.1. The molecule has 2 atom stereocenters. The molecule has 1 aliphatic heterocycles. The third kappa shape index (κ3) is 6.69. The molecule has 138 valence electrons. The van der Waals surface area contributed by atoms with E-state index in [9.17, 15) is 4.79 Å². The third-order valence-corrected chi connectivity index (χ3v) is 3.73. The number of carbonyl (C=O) groups is 1. The molecule has 1 aromatic rings. The molecule has 0 spiro atoms. The molecule has 0 bridgehead atoms. The minimum absolute atomic E-state index is 0.335. The van der Waals surface area contributed by atoms with Crippen molar-refractivity contribution in [3.8, 4) is 0 Å². The van der Waals surface area contributed by atoms with Crippen molar-refractivity contribution >= 4 is 23.8 Å². The first kappa shape index (κ1) is 19.8. The molecule has 6 heteroatoms. The number of hydrogen-bond donors (Lipinski definition) is 1. The quantitative estimate of drug-likeness (QED) is 0.860. The largest absolute Gasteiger partial charge is 0.444 e. The monoisotopic (exact) mass is 367 g/mol. The van der Waals surface area contributed by atoms with Gasteiger partial charge in [-0.2, -0.15) is 0 Å². The lowest BCUT2D eigenvalue weighted by molar-refractivity contribution is -0.271. The molecule has 0 radical (unpaired) electrons. The zero-order chi connectivity index (χ0) is 18.7. The average Bonchev–Trinajstić information content (AvgIpc) is 2.47. The summed E-state index contributed by atoms with van der Waals surface area (Å²) in [6, 6.07) is 7.14. The van der Waals surface area contributed by atoms with Crippen LogP contribution >= 0.6 is 11.6 Å². The highest BCUT2D eigenvalue weighted by Gasteiger charge is 2.36. The van der Waals surface area contributed by atoms with Crippen molar-refractivity contribution < 1.29 is 19.0 Å². The van der Waals surface area contributed by atoms with Crippen LogP contribution in [-0.2, 0) is 14.2 Å². The summed E-state index contributed by atoms with van der Waals surface area (Å²) in [5.41, 5.74) is 0.433. The number of alkyl carbamates (subject to hydrolysis) is 1. The first-order chi connectivity index (χ1) is 11.5. The lowest BCUT2D eigenvalue weighted by atomic mass is 10.1. The van der Waals surface area contributed by atoms with Gasteiger partial charge in [0.15, 0.2) is 5.79 Å². The molecule has 0 saturated carbocycles. The number of amides is 1. The number of hydrogen-bond acceptors (Lipinski definition) is 4. The standard InChI is InChI=1S/C19H26ClNO4/c1-18(2,3)25-17(22)21-15-12-23-19(4,5)24-16(15)11-8-13-6-9-14(20)10-7-13/h6-11,15-16H,12H2,1-5H3,(H,21,22)/b11-8+/t15-,16+/m0/s1. The van der Waals surface area contributed by atoms with Crippen LogP contribution in [0.5, 0.6) is 0 Å². The van der Waals surface area contributed by atoms with Crippen LogP contribution in [0.1, 0.15) is 40.2 Å². The van der Waals surface area contributed by atoms with E-state index in [0.717, 1.165) is 5.56 Å². The Hall–Kier alpha value is -1.56. The van der Waals surface area contributed by atoms with E-state index >= 15 is 0 Å². The second-order valence-corrected chi connectivity index (χ2v) is 7.89. The molecular formula is C19H26ClNO4. The molecule has 1 N–H and O–H groups in total. The summed E-state index contributed by atoms with van der Waals surface area (Å²) in [6.45, 7) is 9.49. The number of rotatable bonds is 3. The number of halogens is 1. The summed E-state index contributed by atoms with van der Waals surface area (Å²) in [5.74, 6) is -0.721. The van der Waals surface area contributed by atoms with Gasteiger partial charge in [-0.05, 0) is 52.3 Å². The molecule has 0 aliphatic carbocycles. The molecule has 2 rings (SSSR count). The third-order valence-electron chi connectivity index (χ3n) is 3.48. The van der Waals surface area contributed by atoms with E-state index in [4.69, 9.17) is 25.8 Å².